The molecule has 0 spiro atoms. The summed E-state index contributed by atoms with van der Waals surface area (Å²) < 4.78 is 6.55. The molecule has 0 saturated heterocycles. The molecule has 3 rings (SSSR count). The molecule has 122 valence electrons. The fraction of sp³-hybridized carbons (Fsp3) is 0.158. The molecule has 0 saturated carbocycles. The second kappa shape index (κ2) is 7.45. The first-order valence-electron chi connectivity index (χ1n) is 7.71. The van der Waals surface area contributed by atoms with E-state index in [0.717, 1.165) is 15.2 Å². The van der Waals surface area contributed by atoms with Gasteiger partial charge >= 0.3 is 0 Å². The zero-order valence-corrected chi connectivity index (χ0v) is 14.9. The van der Waals surface area contributed by atoms with E-state index in [1.165, 1.54) is 0 Å². The number of hydrogen-bond donors (Lipinski definition) is 0. The van der Waals surface area contributed by atoms with Gasteiger partial charge in [-0.25, -0.2) is 4.98 Å². The van der Waals surface area contributed by atoms with Gasteiger partial charge in [-0.2, -0.15) is 0 Å². The standard InChI is InChI=1S/C19H17BrN2O2/c1-2-22(18-10-8-16(20)12-21-18)19(23)13-24-17-9-7-14-5-3-4-6-15(14)11-17/h3-12H,2,13H2,1H3. The molecule has 0 bridgehead atoms. The van der Waals surface area contributed by atoms with Gasteiger partial charge in [0.25, 0.3) is 5.91 Å². The van der Waals surface area contributed by atoms with Crippen molar-refractivity contribution in [3.8, 4) is 5.75 Å². The third kappa shape index (κ3) is 3.74. The van der Waals surface area contributed by atoms with E-state index in [9.17, 15) is 4.79 Å². The van der Waals surface area contributed by atoms with Crippen molar-refractivity contribution in [2.24, 2.45) is 0 Å². The van der Waals surface area contributed by atoms with Crippen LogP contribution in [-0.4, -0.2) is 24.0 Å². The number of halogens is 1. The van der Waals surface area contributed by atoms with E-state index >= 15 is 0 Å². The molecule has 3 aromatic rings. The third-order valence-electron chi connectivity index (χ3n) is 3.69. The molecule has 0 unspecified atom stereocenters. The van der Waals surface area contributed by atoms with Gasteiger partial charge in [0.2, 0.25) is 0 Å². The predicted molar refractivity (Wildman–Crippen MR) is 99.4 cm³/mol. The molecule has 0 aliphatic rings. The lowest BCUT2D eigenvalue weighted by atomic mass is 10.1. The van der Waals surface area contributed by atoms with Crippen LogP contribution in [0, 0.1) is 0 Å². The Morgan fingerprint density at radius 1 is 1.12 bits per heavy atom. The van der Waals surface area contributed by atoms with Crippen LogP contribution in [0.3, 0.4) is 0 Å². The van der Waals surface area contributed by atoms with Crippen molar-refractivity contribution in [1.29, 1.82) is 0 Å². The van der Waals surface area contributed by atoms with E-state index < -0.39 is 0 Å². The summed E-state index contributed by atoms with van der Waals surface area (Å²) in [5.41, 5.74) is 0. The number of fused-ring (bicyclic) bond motifs is 1. The fourth-order valence-electron chi connectivity index (χ4n) is 2.47. The number of carbonyl (C=O) groups is 1. The van der Waals surface area contributed by atoms with Crippen molar-refractivity contribution in [1.82, 2.24) is 4.98 Å². The number of aromatic nitrogens is 1. The lowest BCUT2D eigenvalue weighted by Crippen LogP contribution is -2.35. The summed E-state index contributed by atoms with van der Waals surface area (Å²) in [4.78, 5) is 18.3. The first kappa shape index (κ1) is 16.5. The summed E-state index contributed by atoms with van der Waals surface area (Å²) in [5.74, 6) is 1.18. The van der Waals surface area contributed by atoms with Gasteiger partial charge < -0.3 is 4.74 Å². The third-order valence-corrected chi connectivity index (χ3v) is 4.16. The van der Waals surface area contributed by atoms with Gasteiger partial charge in [0.15, 0.2) is 6.61 Å². The Hall–Kier alpha value is -2.40. The van der Waals surface area contributed by atoms with Crippen LogP contribution < -0.4 is 9.64 Å². The Bertz CT molecular complexity index is 849. The Morgan fingerprint density at radius 3 is 2.62 bits per heavy atom. The predicted octanol–water partition coefficient (Wildman–Crippen LogP) is 4.43. The fourth-order valence-corrected chi connectivity index (χ4v) is 2.71. The van der Waals surface area contributed by atoms with E-state index in [1.54, 1.807) is 11.1 Å². The minimum absolute atomic E-state index is 0.0239. The molecule has 0 radical (unpaired) electrons. The molecule has 0 atom stereocenters. The van der Waals surface area contributed by atoms with Gasteiger partial charge in [-0.15, -0.1) is 0 Å². The van der Waals surface area contributed by atoms with Crippen LogP contribution in [0.2, 0.25) is 0 Å². The number of amides is 1. The normalized spacial score (nSPS) is 10.6. The van der Waals surface area contributed by atoms with Gasteiger partial charge in [0, 0.05) is 17.2 Å². The molecule has 0 aliphatic heterocycles. The monoisotopic (exact) mass is 384 g/mol. The van der Waals surface area contributed by atoms with Gasteiger partial charge in [-0.3, -0.25) is 9.69 Å². The van der Waals surface area contributed by atoms with Crippen LogP contribution >= 0.6 is 15.9 Å². The molecule has 0 N–H and O–H groups in total. The maximum atomic E-state index is 12.4. The van der Waals surface area contributed by atoms with Crippen LogP contribution in [0.25, 0.3) is 10.8 Å². The van der Waals surface area contributed by atoms with Gasteiger partial charge in [-0.05, 0) is 57.9 Å². The number of ether oxygens (including phenoxy) is 1. The summed E-state index contributed by atoms with van der Waals surface area (Å²) in [6.07, 6.45) is 1.68. The Labute approximate surface area is 149 Å². The lowest BCUT2D eigenvalue weighted by Gasteiger charge is -2.20. The molecule has 1 amide bonds. The summed E-state index contributed by atoms with van der Waals surface area (Å²) >= 11 is 3.34. The van der Waals surface area contributed by atoms with E-state index in [4.69, 9.17) is 4.74 Å². The van der Waals surface area contributed by atoms with Gasteiger partial charge in [0.1, 0.15) is 11.6 Å². The smallest absolute Gasteiger partial charge is 0.266 e. The average molecular weight is 385 g/mol. The molecule has 0 aliphatic carbocycles. The number of anilines is 1. The largest absolute Gasteiger partial charge is 0.484 e. The van der Waals surface area contributed by atoms with Crippen molar-refractivity contribution >= 4 is 38.4 Å². The molecule has 5 heteroatoms. The first-order valence-corrected chi connectivity index (χ1v) is 8.50. The highest BCUT2D eigenvalue weighted by Crippen LogP contribution is 2.21. The van der Waals surface area contributed by atoms with Crippen molar-refractivity contribution in [3.05, 3.63) is 65.3 Å². The number of hydrogen-bond acceptors (Lipinski definition) is 3. The topological polar surface area (TPSA) is 42.4 Å². The maximum Gasteiger partial charge on any atom is 0.266 e. The molecule has 4 nitrogen and oxygen atoms in total. The second-order valence-corrected chi connectivity index (χ2v) is 6.19. The number of rotatable bonds is 5. The van der Waals surface area contributed by atoms with Crippen LogP contribution in [0.4, 0.5) is 5.82 Å². The van der Waals surface area contributed by atoms with Gasteiger partial charge in [0.05, 0.1) is 0 Å². The van der Waals surface area contributed by atoms with Gasteiger partial charge in [-0.1, -0.05) is 30.3 Å². The summed E-state index contributed by atoms with van der Waals surface area (Å²) in [6.45, 7) is 2.43. The quantitative estimate of drug-likeness (QED) is 0.653. The molecular formula is C19H17BrN2O2. The van der Waals surface area contributed by atoms with E-state index in [1.807, 2.05) is 61.5 Å². The molecule has 1 aromatic heterocycles. The van der Waals surface area contributed by atoms with Crippen molar-refractivity contribution in [2.45, 2.75) is 6.92 Å². The minimum Gasteiger partial charge on any atom is -0.484 e. The Kier molecular flexibility index (Phi) is 5.11. The molecule has 24 heavy (non-hydrogen) atoms. The van der Waals surface area contributed by atoms with Crippen LogP contribution in [0.15, 0.2) is 65.3 Å². The highest BCUT2D eigenvalue weighted by molar-refractivity contribution is 9.10. The minimum atomic E-state index is -0.125. The number of carbonyl (C=O) groups excluding carboxylic acids is 1. The summed E-state index contributed by atoms with van der Waals surface area (Å²) in [7, 11) is 0. The number of benzene rings is 2. The first-order chi connectivity index (χ1) is 11.7. The zero-order valence-electron chi connectivity index (χ0n) is 13.3. The summed E-state index contributed by atoms with van der Waals surface area (Å²) in [5, 5.41) is 2.23. The maximum absolute atomic E-state index is 12.4. The number of pyridine rings is 1. The van der Waals surface area contributed by atoms with Crippen molar-refractivity contribution < 1.29 is 9.53 Å². The molecule has 0 fully saturated rings. The average Bonchev–Trinajstić information content (AvgIpc) is 2.62. The Balaban J connectivity index is 1.69. The van der Waals surface area contributed by atoms with Crippen LogP contribution in [0.1, 0.15) is 6.92 Å². The second-order valence-electron chi connectivity index (χ2n) is 5.27. The highest BCUT2D eigenvalue weighted by atomic mass is 79.9. The van der Waals surface area contributed by atoms with Crippen LogP contribution in [-0.2, 0) is 4.79 Å². The number of nitrogens with zero attached hydrogens (tertiary/aromatic N) is 2. The van der Waals surface area contributed by atoms with E-state index in [2.05, 4.69) is 20.9 Å². The SMILES string of the molecule is CCN(C(=O)COc1ccc2ccccc2c1)c1ccc(Br)cn1. The van der Waals surface area contributed by atoms with Crippen molar-refractivity contribution in [3.63, 3.8) is 0 Å². The molecular weight excluding hydrogens is 368 g/mol. The lowest BCUT2D eigenvalue weighted by molar-refractivity contribution is -0.120. The van der Waals surface area contributed by atoms with Crippen LogP contribution in [0.5, 0.6) is 5.75 Å². The molecule has 2 aromatic carbocycles. The Morgan fingerprint density at radius 2 is 1.92 bits per heavy atom. The highest BCUT2D eigenvalue weighted by Gasteiger charge is 2.15. The number of likely N-dealkylation sites (N-methyl/N-ethyl adjacent to an activating group) is 1. The van der Waals surface area contributed by atoms with E-state index in [-0.39, 0.29) is 12.5 Å². The summed E-state index contributed by atoms with van der Waals surface area (Å²) in [6, 6.07) is 17.5. The zero-order chi connectivity index (χ0) is 16.9. The van der Waals surface area contributed by atoms with E-state index in [0.29, 0.717) is 18.1 Å². The van der Waals surface area contributed by atoms with Crippen molar-refractivity contribution in [2.75, 3.05) is 18.1 Å². The molecule has 1 heterocycles.